The number of hydrogen-bond donors (Lipinski definition) is 2. The van der Waals surface area contributed by atoms with Crippen LogP contribution in [0.25, 0.3) is 0 Å². The van der Waals surface area contributed by atoms with E-state index < -0.39 is 0 Å². The van der Waals surface area contributed by atoms with Gasteiger partial charge in [-0.25, -0.2) is 0 Å². The molecule has 0 aromatic heterocycles. The predicted molar refractivity (Wildman–Crippen MR) is 73.2 cm³/mol. The van der Waals surface area contributed by atoms with Crippen molar-refractivity contribution in [3.8, 4) is 17.6 Å². The number of phenolic OH excluding ortho intramolecular Hbond substituents is 1. The first kappa shape index (κ1) is 13.6. The number of aromatic hydroxyl groups is 1. The lowest BCUT2D eigenvalue weighted by Crippen LogP contribution is -2.06. The molecule has 1 aromatic carbocycles. The molecule has 17 heavy (non-hydrogen) atoms. The molecule has 90 valence electrons. The number of nitriles is 1. The highest BCUT2D eigenvalue weighted by Gasteiger charge is 2.07. The molecular formula is C11H12IN3O2. The third-order valence-electron chi connectivity index (χ3n) is 1.93. The average molecular weight is 345 g/mol. The fraction of sp³-hybridized carbons (Fsp3) is 0.273. The molecule has 0 aliphatic carbocycles. The number of benzene rings is 1. The number of hydrogen-bond acceptors (Lipinski definition) is 5. The van der Waals surface area contributed by atoms with Crippen LogP contribution in [0.5, 0.6) is 11.5 Å². The molecule has 0 radical (unpaired) electrons. The molecule has 0 amide bonds. The molecular weight excluding hydrogens is 333 g/mol. The summed E-state index contributed by atoms with van der Waals surface area (Å²) in [4.78, 5) is 0. The maximum absolute atomic E-state index is 9.82. The summed E-state index contributed by atoms with van der Waals surface area (Å²) in [6.45, 7) is 0.481. The summed E-state index contributed by atoms with van der Waals surface area (Å²) in [7, 11) is 1.50. The van der Waals surface area contributed by atoms with Crippen LogP contribution in [0.15, 0.2) is 17.2 Å². The molecule has 2 N–H and O–H groups in total. The number of methoxy groups -OCH3 is 1. The largest absolute Gasteiger partial charge is 0.504 e. The highest BCUT2D eigenvalue weighted by atomic mass is 127. The Morgan fingerprint density at radius 1 is 1.65 bits per heavy atom. The Morgan fingerprint density at radius 2 is 2.41 bits per heavy atom. The Labute approximate surface area is 113 Å². The zero-order valence-electron chi connectivity index (χ0n) is 9.27. The number of rotatable bonds is 5. The van der Waals surface area contributed by atoms with Crippen molar-refractivity contribution in [3.63, 3.8) is 0 Å². The van der Waals surface area contributed by atoms with Crippen LogP contribution >= 0.6 is 22.6 Å². The number of phenols is 1. The van der Waals surface area contributed by atoms with Gasteiger partial charge in [0.05, 0.1) is 25.8 Å². The quantitative estimate of drug-likeness (QED) is 0.370. The molecule has 0 unspecified atom stereocenters. The van der Waals surface area contributed by atoms with Crippen molar-refractivity contribution in [2.75, 3.05) is 13.7 Å². The van der Waals surface area contributed by atoms with Gasteiger partial charge in [-0.15, -0.1) is 0 Å². The Kier molecular flexibility index (Phi) is 5.56. The van der Waals surface area contributed by atoms with Crippen molar-refractivity contribution in [2.45, 2.75) is 6.42 Å². The lowest BCUT2D eigenvalue weighted by Gasteiger charge is -2.06. The predicted octanol–water partition coefficient (Wildman–Crippen LogP) is 1.84. The van der Waals surface area contributed by atoms with Gasteiger partial charge in [0.1, 0.15) is 0 Å². The number of nitrogens with zero attached hydrogens (tertiary/aromatic N) is 2. The Balaban J connectivity index is 2.77. The number of halogens is 1. The van der Waals surface area contributed by atoms with Gasteiger partial charge in [0, 0.05) is 15.7 Å². The summed E-state index contributed by atoms with van der Waals surface area (Å²) in [6.07, 6.45) is 1.89. The van der Waals surface area contributed by atoms with Crippen LogP contribution in [-0.4, -0.2) is 25.0 Å². The minimum Gasteiger partial charge on any atom is -0.504 e. The highest BCUT2D eigenvalue weighted by Crippen LogP contribution is 2.30. The molecule has 0 aliphatic heterocycles. The monoisotopic (exact) mass is 345 g/mol. The second kappa shape index (κ2) is 6.96. The van der Waals surface area contributed by atoms with Crippen LogP contribution in [0.2, 0.25) is 0 Å². The third-order valence-corrected chi connectivity index (χ3v) is 2.56. The van der Waals surface area contributed by atoms with Gasteiger partial charge >= 0.3 is 0 Å². The van der Waals surface area contributed by atoms with Crippen LogP contribution in [0.4, 0.5) is 0 Å². The molecule has 0 heterocycles. The second-order valence-electron chi connectivity index (χ2n) is 3.12. The van der Waals surface area contributed by atoms with E-state index in [0.717, 1.165) is 3.57 Å². The van der Waals surface area contributed by atoms with E-state index in [4.69, 9.17) is 10.00 Å². The van der Waals surface area contributed by atoms with Crippen molar-refractivity contribution in [1.82, 2.24) is 5.43 Å². The van der Waals surface area contributed by atoms with Gasteiger partial charge in [0.15, 0.2) is 11.5 Å². The van der Waals surface area contributed by atoms with E-state index in [1.165, 1.54) is 13.3 Å². The highest BCUT2D eigenvalue weighted by molar-refractivity contribution is 14.1. The van der Waals surface area contributed by atoms with E-state index >= 15 is 0 Å². The molecule has 0 aliphatic rings. The maximum atomic E-state index is 9.82. The first-order chi connectivity index (χ1) is 8.19. The summed E-state index contributed by atoms with van der Waals surface area (Å²) in [5.41, 5.74) is 3.28. The maximum Gasteiger partial charge on any atom is 0.166 e. The number of hydrazone groups is 1. The van der Waals surface area contributed by atoms with Crippen LogP contribution < -0.4 is 10.2 Å². The topological polar surface area (TPSA) is 77.6 Å². The second-order valence-corrected chi connectivity index (χ2v) is 4.37. The van der Waals surface area contributed by atoms with Crippen molar-refractivity contribution in [1.29, 1.82) is 5.26 Å². The van der Waals surface area contributed by atoms with E-state index in [2.05, 4.69) is 33.1 Å². The van der Waals surface area contributed by atoms with Gasteiger partial charge in [-0.1, -0.05) is 0 Å². The SMILES string of the molecule is COc1cc(I)cc(/C=N\NCCC#N)c1O. The van der Waals surface area contributed by atoms with Gasteiger partial charge in [-0.3, -0.25) is 0 Å². The van der Waals surface area contributed by atoms with Crippen molar-refractivity contribution in [3.05, 3.63) is 21.3 Å². The molecule has 5 nitrogen and oxygen atoms in total. The van der Waals surface area contributed by atoms with Crippen LogP contribution in [0.3, 0.4) is 0 Å². The molecule has 0 fully saturated rings. The zero-order chi connectivity index (χ0) is 12.7. The Hall–Kier alpha value is -1.49. The molecule has 0 atom stereocenters. The average Bonchev–Trinajstić information content (AvgIpc) is 2.32. The summed E-state index contributed by atoms with van der Waals surface area (Å²) in [5.74, 6) is 0.467. The molecule has 1 rings (SSSR count). The molecule has 0 bridgehead atoms. The van der Waals surface area contributed by atoms with E-state index in [1.54, 1.807) is 12.1 Å². The van der Waals surface area contributed by atoms with Gasteiger partial charge < -0.3 is 15.3 Å². The molecule has 0 spiro atoms. The lowest BCUT2D eigenvalue weighted by molar-refractivity contribution is 0.373. The van der Waals surface area contributed by atoms with Crippen molar-refractivity contribution >= 4 is 28.8 Å². The van der Waals surface area contributed by atoms with Crippen LogP contribution in [-0.2, 0) is 0 Å². The minimum absolute atomic E-state index is 0.0544. The number of ether oxygens (including phenoxy) is 1. The van der Waals surface area contributed by atoms with Crippen LogP contribution in [0, 0.1) is 14.9 Å². The summed E-state index contributed by atoms with van der Waals surface area (Å²) < 4.78 is 5.97. The van der Waals surface area contributed by atoms with E-state index in [0.29, 0.717) is 24.3 Å². The van der Waals surface area contributed by atoms with Crippen LogP contribution in [0.1, 0.15) is 12.0 Å². The third kappa shape index (κ3) is 4.11. The summed E-state index contributed by atoms with van der Waals surface area (Å²) in [5, 5.41) is 22.1. The zero-order valence-corrected chi connectivity index (χ0v) is 11.4. The molecule has 1 aromatic rings. The van der Waals surface area contributed by atoms with Gasteiger partial charge in [-0.2, -0.15) is 10.4 Å². The lowest BCUT2D eigenvalue weighted by atomic mass is 10.2. The molecule has 0 saturated carbocycles. The Bertz CT molecular complexity index is 455. The van der Waals surface area contributed by atoms with E-state index in [-0.39, 0.29) is 5.75 Å². The van der Waals surface area contributed by atoms with Gasteiger partial charge in [-0.05, 0) is 34.7 Å². The van der Waals surface area contributed by atoms with Gasteiger partial charge in [0.25, 0.3) is 0 Å². The standard InChI is InChI=1S/C11H12IN3O2/c1-17-10-6-9(12)5-8(11(10)16)7-15-14-4-2-3-13/h5-7,14,16H,2,4H2,1H3/b15-7-. The van der Waals surface area contributed by atoms with E-state index in [9.17, 15) is 5.11 Å². The molecule has 0 saturated heterocycles. The summed E-state index contributed by atoms with van der Waals surface area (Å²) >= 11 is 2.13. The van der Waals surface area contributed by atoms with E-state index in [1.807, 2.05) is 6.07 Å². The van der Waals surface area contributed by atoms with Crippen molar-refractivity contribution in [2.24, 2.45) is 5.10 Å². The fourth-order valence-corrected chi connectivity index (χ4v) is 1.76. The smallest absolute Gasteiger partial charge is 0.166 e. The first-order valence-corrected chi connectivity index (χ1v) is 5.96. The number of nitrogens with one attached hydrogen (secondary N) is 1. The van der Waals surface area contributed by atoms with Crippen molar-refractivity contribution < 1.29 is 9.84 Å². The normalized spacial score (nSPS) is 10.2. The first-order valence-electron chi connectivity index (χ1n) is 4.88. The summed E-state index contributed by atoms with van der Waals surface area (Å²) in [6, 6.07) is 5.52. The molecule has 6 heteroatoms. The Morgan fingerprint density at radius 3 is 3.06 bits per heavy atom. The fourth-order valence-electron chi connectivity index (χ4n) is 1.14. The minimum atomic E-state index is 0.0544. The van der Waals surface area contributed by atoms with Gasteiger partial charge in [0.2, 0.25) is 0 Å².